The summed E-state index contributed by atoms with van der Waals surface area (Å²) in [6, 6.07) is 12.5. The second-order valence-electron chi connectivity index (χ2n) is 7.28. The first-order valence-electron chi connectivity index (χ1n) is 9.71. The Bertz CT molecular complexity index is 1170. The summed E-state index contributed by atoms with van der Waals surface area (Å²) in [6.45, 7) is 3.91. The smallest absolute Gasteiger partial charge is 0.256 e. The zero-order valence-electron chi connectivity index (χ0n) is 17.9. The molecule has 0 atom stereocenters. The lowest BCUT2D eigenvalue weighted by Crippen LogP contribution is -2.16. The van der Waals surface area contributed by atoms with Crippen LogP contribution in [0.4, 0.5) is 17.1 Å². The molecule has 0 radical (unpaired) electrons. The van der Waals surface area contributed by atoms with E-state index < -0.39 is 0 Å². The molecule has 3 rings (SSSR count). The van der Waals surface area contributed by atoms with Crippen molar-refractivity contribution in [3.63, 3.8) is 0 Å². The van der Waals surface area contributed by atoms with Crippen LogP contribution >= 0.6 is 0 Å². The normalized spacial score (nSPS) is 10.5. The number of aromatic nitrogens is 2. The van der Waals surface area contributed by atoms with Gasteiger partial charge in [0.2, 0.25) is 0 Å². The molecule has 3 aromatic rings. The van der Waals surface area contributed by atoms with E-state index in [1.807, 2.05) is 13.8 Å². The number of methoxy groups -OCH3 is 1. The zero-order valence-corrected chi connectivity index (χ0v) is 17.9. The summed E-state index contributed by atoms with van der Waals surface area (Å²) in [7, 11) is 3.31. The number of carbonyl (C=O) groups excluding carboxylic acids is 1. The Morgan fingerprint density at radius 3 is 2.71 bits per heavy atom. The molecule has 0 aliphatic heterocycles. The molecule has 31 heavy (non-hydrogen) atoms. The molecule has 158 valence electrons. The lowest BCUT2D eigenvalue weighted by Gasteiger charge is -2.15. The molecular weight excluding hydrogens is 392 g/mol. The number of hydrogen-bond acceptors (Lipinski definition) is 6. The summed E-state index contributed by atoms with van der Waals surface area (Å²) < 4.78 is 6.89. The zero-order chi connectivity index (χ0) is 22.5. The van der Waals surface area contributed by atoms with Crippen LogP contribution in [0.25, 0.3) is 0 Å². The van der Waals surface area contributed by atoms with Gasteiger partial charge >= 0.3 is 0 Å². The highest BCUT2D eigenvalue weighted by molar-refractivity contribution is 6.06. The summed E-state index contributed by atoms with van der Waals surface area (Å²) in [5.74, 6) is 0.142. The van der Waals surface area contributed by atoms with Crippen LogP contribution in [-0.2, 0) is 7.05 Å². The van der Waals surface area contributed by atoms with Gasteiger partial charge < -0.3 is 20.8 Å². The molecule has 1 heterocycles. The second kappa shape index (κ2) is 9.13. The highest BCUT2D eigenvalue weighted by Gasteiger charge is 2.18. The number of nitrogens with zero attached hydrogens (tertiary/aromatic N) is 3. The fourth-order valence-electron chi connectivity index (χ4n) is 3.40. The van der Waals surface area contributed by atoms with E-state index >= 15 is 0 Å². The van der Waals surface area contributed by atoms with Gasteiger partial charge in [0, 0.05) is 35.8 Å². The van der Waals surface area contributed by atoms with E-state index in [9.17, 15) is 10.1 Å². The first-order valence-corrected chi connectivity index (χ1v) is 9.71. The number of hydrogen-bond donors (Lipinski definition) is 3. The number of rotatable bonds is 7. The van der Waals surface area contributed by atoms with Crippen molar-refractivity contribution < 1.29 is 9.53 Å². The van der Waals surface area contributed by atoms with Crippen LogP contribution in [0.5, 0.6) is 5.88 Å². The number of benzene rings is 2. The SMILES string of the molecule is COc1nn(C)cc1Nc1cc(NC(=O)c2cccc(C#N)c2C(C)C)ccc1C=N. The first-order chi connectivity index (χ1) is 14.9. The van der Waals surface area contributed by atoms with E-state index in [4.69, 9.17) is 10.1 Å². The number of amides is 1. The Balaban J connectivity index is 1.93. The fourth-order valence-corrected chi connectivity index (χ4v) is 3.40. The summed E-state index contributed by atoms with van der Waals surface area (Å²) >= 11 is 0. The van der Waals surface area contributed by atoms with Crippen LogP contribution in [0.3, 0.4) is 0 Å². The molecule has 3 N–H and O–H groups in total. The van der Waals surface area contributed by atoms with Gasteiger partial charge in [0.1, 0.15) is 5.69 Å². The van der Waals surface area contributed by atoms with E-state index in [0.717, 1.165) is 5.56 Å². The van der Waals surface area contributed by atoms with Crippen LogP contribution in [0.1, 0.15) is 46.8 Å². The average Bonchev–Trinajstić information content (AvgIpc) is 3.12. The second-order valence-corrected chi connectivity index (χ2v) is 7.28. The minimum absolute atomic E-state index is 0.0205. The quantitative estimate of drug-likeness (QED) is 0.493. The highest BCUT2D eigenvalue weighted by Crippen LogP contribution is 2.30. The van der Waals surface area contributed by atoms with Crippen LogP contribution in [0, 0.1) is 16.7 Å². The standard InChI is InChI=1S/C23H24N6O2/c1-14(2)21-16(12-25)6-5-7-18(21)22(30)26-17-9-8-15(11-24)19(10-17)27-20-13-29(3)28-23(20)31-4/h5-11,13-14,24,27H,1-4H3,(H,26,30). The number of aryl methyl sites for hydroxylation is 1. The van der Waals surface area contributed by atoms with Crippen molar-refractivity contribution in [3.05, 3.63) is 64.8 Å². The fraction of sp³-hybridized carbons (Fsp3) is 0.217. The molecule has 0 saturated heterocycles. The first kappa shape index (κ1) is 21.6. The molecule has 0 bridgehead atoms. The third-order valence-corrected chi connectivity index (χ3v) is 4.77. The van der Waals surface area contributed by atoms with Crippen molar-refractivity contribution in [2.24, 2.45) is 7.05 Å². The molecule has 2 aromatic carbocycles. The highest BCUT2D eigenvalue weighted by atomic mass is 16.5. The van der Waals surface area contributed by atoms with Crippen molar-refractivity contribution in [1.29, 1.82) is 10.7 Å². The average molecular weight is 416 g/mol. The summed E-state index contributed by atoms with van der Waals surface area (Å²) in [6.07, 6.45) is 2.99. The van der Waals surface area contributed by atoms with Crippen molar-refractivity contribution in [3.8, 4) is 11.9 Å². The molecule has 0 aliphatic rings. The maximum atomic E-state index is 13.0. The number of anilines is 3. The summed E-state index contributed by atoms with van der Waals surface area (Å²) in [5, 5.41) is 27.4. The minimum Gasteiger partial charge on any atom is -0.478 e. The van der Waals surface area contributed by atoms with Gasteiger partial charge in [-0.1, -0.05) is 19.9 Å². The molecule has 1 aromatic heterocycles. The molecule has 1 amide bonds. The van der Waals surface area contributed by atoms with Gasteiger partial charge in [-0.3, -0.25) is 9.48 Å². The monoisotopic (exact) mass is 416 g/mol. The third-order valence-electron chi connectivity index (χ3n) is 4.77. The van der Waals surface area contributed by atoms with Crippen LogP contribution in [0.2, 0.25) is 0 Å². The molecule has 8 nitrogen and oxygen atoms in total. The maximum Gasteiger partial charge on any atom is 0.256 e. The lowest BCUT2D eigenvalue weighted by atomic mass is 9.92. The van der Waals surface area contributed by atoms with Crippen molar-refractivity contribution in [2.75, 3.05) is 17.7 Å². The number of nitriles is 1. The van der Waals surface area contributed by atoms with Crippen molar-refractivity contribution in [1.82, 2.24) is 9.78 Å². The van der Waals surface area contributed by atoms with Gasteiger partial charge in [0.05, 0.1) is 24.9 Å². The largest absolute Gasteiger partial charge is 0.478 e. The Morgan fingerprint density at radius 1 is 1.29 bits per heavy atom. The van der Waals surface area contributed by atoms with Crippen molar-refractivity contribution in [2.45, 2.75) is 19.8 Å². The van der Waals surface area contributed by atoms with E-state index in [2.05, 4.69) is 21.8 Å². The van der Waals surface area contributed by atoms with Crippen LogP contribution in [0.15, 0.2) is 42.6 Å². The van der Waals surface area contributed by atoms with Crippen molar-refractivity contribution >= 4 is 29.2 Å². The third kappa shape index (κ3) is 4.56. The van der Waals surface area contributed by atoms with Crippen LogP contribution < -0.4 is 15.4 Å². The van der Waals surface area contributed by atoms with Gasteiger partial charge in [0.15, 0.2) is 0 Å². The summed E-state index contributed by atoms with van der Waals surface area (Å²) in [4.78, 5) is 13.0. The Labute approximate surface area is 181 Å². The number of nitrogens with one attached hydrogen (secondary N) is 3. The van der Waals surface area contributed by atoms with Gasteiger partial charge in [-0.2, -0.15) is 5.26 Å². The van der Waals surface area contributed by atoms with Gasteiger partial charge in [0.25, 0.3) is 11.8 Å². The van der Waals surface area contributed by atoms with Gasteiger partial charge in [-0.05, 0) is 41.8 Å². The van der Waals surface area contributed by atoms with E-state index in [1.165, 1.54) is 13.3 Å². The molecule has 0 saturated carbocycles. The topological polar surface area (TPSA) is 116 Å². The minimum atomic E-state index is -0.298. The molecular formula is C23H24N6O2. The van der Waals surface area contributed by atoms with E-state index in [-0.39, 0.29) is 11.8 Å². The molecule has 0 unspecified atom stereocenters. The van der Waals surface area contributed by atoms with E-state index in [1.54, 1.807) is 54.3 Å². The predicted molar refractivity (Wildman–Crippen MR) is 121 cm³/mol. The number of carbonyl (C=O) groups is 1. The lowest BCUT2D eigenvalue weighted by molar-refractivity contribution is 0.102. The maximum absolute atomic E-state index is 13.0. The Hall–Kier alpha value is -4.12. The Morgan fingerprint density at radius 2 is 2.06 bits per heavy atom. The molecule has 0 fully saturated rings. The summed E-state index contributed by atoms with van der Waals surface area (Å²) in [5.41, 5.74) is 4.13. The van der Waals surface area contributed by atoms with E-state index in [0.29, 0.717) is 39.6 Å². The molecule has 8 heteroatoms. The molecule has 0 spiro atoms. The Kier molecular flexibility index (Phi) is 6.36. The van der Waals surface area contributed by atoms with Crippen LogP contribution in [-0.4, -0.2) is 29.0 Å². The van der Waals surface area contributed by atoms with Gasteiger partial charge in [-0.25, -0.2) is 0 Å². The molecule has 0 aliphatic carbocycles. The van der Waals surface area contributed by atoms with Gasteiger partial charge in [-0.15, -0.1) is 5.10 Å². The predicted octanol–water partition coefficient (Wildman–Crippen LogP) is 4.42. The number of ether oxygens (including phenoxy) is 1.